The van der Waals surface area contributed by atoms with Gasteiger partial charge in [-0.15, -0.1) is 0 Å². The fraction of sp³-hybridized carbons (Fsp3) is 0.231. The van der Waals surface area contributed by atoms with Crippen LogP contribution in [0.2, 0.25) is 5.02 Å². The molecule has 2 rings (SSSR count). The monoisotopic (exact) mass is 297 g/mol. The molecule has 1 aromatic carbocycles. The molecule has 0 aliphatic heterocycles. The summed E-state index contributed by atoms with van der Waals surface area (Å²) in [6.45, 7) is 0.813. The molecule has 0 fully saturated rings. The number of carbonyl (C=O) groups is 1. The van der Waals surface area contributed by atoms with Gasteiger partial charge in [0, 0.05) is 21.9 Å². The molecule has 0 amide bonds. The van der Waals surface area contributed by atoms with Gasteiger partial charge in [0.2, 0.25) is 0 Å². The van der Waals surface area contributed by atoms with Crippen LogP contribution in [0.4, 0.5) is 0 Å². The van der Waals surface area contributed by atoms with E-state index in [0.29, 0.717) is 30.3 Å². The molecular formula is C13H12ClNO3S. The number of hydrogen-bond donors (Lipinski definition) is 0. The van der Waals surface area contributed by atoms with Crippen LogP contribution in [-0.4, -0.2) is 24.6 Å². The minimum Gasteiger partial charge on any atom is -0.496 e. The minimum atomic E-state index is 0.364. The van der Waals surface area contributed by atoms with Crippen LogP contribution in [0.1, 0.15) is 4.88 Å². The molecule has 19 heavy (non-hydrogen) atoms. The number of nitrogens with zero attached hydrogens (tertiary/aromatic N) is 1. The number of methoxy groups -OCH3 is 1. The Balaban J connectivity index is 2.20. The number of hydrogen-bond acceptors (Lipinski definition) is 5. The number of aromatic nitrogens is 1. The molecular weight excluding hydrogens is 286 g/mol. The molecule has 0 unspecified atom stereocenters. The largest absolute Gasteiger partial charge is 0.496 e. The van der Waals surface area contributed by atoms with Gasteiger partial charge in [0.05, 0.1) is 19.4 Å². The van der Waals surface area contributed by atoms with Gasteiger partial charge in [-0.05, 0) is 35.8 Å². The Morgan fingerprint density at radius 1 is 1.42 bits per heavy atom. The highest BCUT2D eigenvalue weighted by atomic mass is 35.5. The predicted molar refractivity (Wildman–Crippen MR) is 74.8 cm³/mol. The standard InChI is InChI=1S/C13H12ClNO3S/c1-17-13-6-9(14)2-3-11(13)12-7-10(19-15-12)4-5-18-8-16/h2-3,6-8H,4-5H2,1H3. The molecule has 0 saturated heterocycles. The van der Waals surface area contributed by atoms with Crippen LogP contribution in [0.15, 0.2) is 24.3 Å². The van der Waals surface area contributed by atoms with Gasteiger partial charge in [-0.2, -0.15) is 4.37 Å². The van der Waals surface area contributed by atoms with E-state index in [2.05, 4.69) is 9.11 Å². The lowest BCUT2D eigenvalue weighted by atomic mass is 10.1. The van der Waals surface area contributed by atoms with Crippen molar-refractivity contribution in [2.75, 3.05) is 13.7 Å². The summed E-state index contributed by atoms with van der Waals surface area (Å²) in [4.78, 5) is 11.1. The molecule has 0 aliphatic rings. The first-order valence-electron chi connectivity index (χ1n) is 5.59. The summed E-state index contributed by atoms with van der Waals surface area (Å²) < 4.78 is 14.3. The van der Waals surface area contributed by atoms with Crippen molar-refractivity contribution < 1.29 is 14.3 Å². The lowest BCUT2D eigenvalue weighted by molar-refractivity contribution is -0.128. The zero-order valence-electron chi connectivity index (χ0n) is 10.3. The molecule has 0 saturated carbocycles. The Hall–Kier alpha value is -1.59. The second-order valence-electron chi connectivity index (χ2n) is 3.74. The topological polar surface area (TPSA) is 48.4 Å². The minimum absolute atomic E-state index is 0.364. The van der Waals surface area contributed by atoms with Gasteiger partial charge in [-0.3, -0.25) is 4.79 Å². The molecule has 1 aromatic heterocycles. The molecule has 0 bridgehead atoms. The molecule has 0 spiro atoms. The van der Waals surface area contributed by atoms with Crippen molar-refractivity contribution >= 4 is 29.6 Å². The van der Waals surface area contributed by atoms with Crippen molar-refractivity contribution in [2.45, 2.75) is 6.42 Å². The SMILES string of the molecule is COc1cc(Cl)ccc1-c1cc(CCOC=O)sn1. The number of rotatable bonds is 6. The zero-order chi connectivity index (χ0) is 13.7. The third kappa shape index (κ3) is 3.45. The van der Waals surface area contributed by atoms with Crippen molar-refractivity contribution in [1.82, 2.24) is 4.37 Å². The lowest BCUT2D eigenvalue weighted by Gasteiger charge is -2.06. The summed E-state index contributed by atoms with van der Waals surface area (Å²) in [6.07, 6.45) is 0.659. The summed E-state index contributed by atoms with van der Waals surface area (Å²) in [5.74, 6) is 0.688. The Morgan fingerprint density at radius 3 is 3.00 bits per heavy atom. The number of benzene rings is 1. The second-order valence-corrected chi connectivity index (χ2v) is 5.07. The quantitative estimate of drug-likeness (QED) is 0.607. The van der Waals surface area contributed by atoms with E-state index >= 15 is 0 Å². The molecule has 6 heteroatoms. The van der Waals surface area contributed by atoms with E-state index < -0.39 is 0 Å². The van der Waals surface area contributed by atoms with Crippen molar-refractivity contribution in [3.8, 4) is 17.0 Å². The Bertz CT molecular complexity index is 571. The fourth-order valence-corrected chi connectivity index (χ4v) is 2.51. The first-order chi connectivity index (χ1) is 9.24. The van der Waals surface area contributed by atoms with E-state index in [1.807, 2.05) is 12.1 Å². The molecule has 0 radical (unpaired) electrons. The van der Waals surface area contributed by atoms with Crippen LogP contribution in [0.25, 0.3) is 11.3 Å². The van der Waals surface area contributed by atoms with Crippen molar-refractivity contribution in [3.05, 3.63) is 34.2 Å². The van der Waals surface area contributed by atoms with Gasteiger partial charge < -0.3 is 9.47 Å². The molecule has 100 valence electrons. The molecule has 0 N–H and O–H groups in total. The number of carbonyl (C=O) groups excluding carboxylic acids is 1. The van der Waals surface area contributed by atoms with E-state index in [0.717, 1.165) is 16.1 Å². The lowest BCUT2D eigenvalue weighted by Crippen LogP contribution is -1.94. The van der Waals surface area contributed by atoms with Gasteiger partial charge in [0.15, 0.2) is 0 Å². The molecule has 0 aliphatic carbocycles. The first-order valence-corrected chi connectivity index (χ1v) is 6.74. The summed E-state index contributed by atoms with van der Waals surface area (Å²) in [5, 5.41) is 0.621. The van der Waals surface area contributed by atoms with Crippen molar-refractivity contribution in [2.24, 2.45) is 0 Å². The van der Waals surface area contributed by atoms with E-state index in [1.165, 1.54) is 11.5 Å². The van der Waals surface area contributed by atoms with Gasteiger partial charge in [0.25, 0.3) is 6.47 Å². The van der Waals surface area contributed by atoms with Crippen LogP contribution >= 0.6 is 23.1 Å². The highest BCUT2D eigenvalue weighted by Crippen LogP contribution is 2.33. The van der Waals surface area contributed by atoms with Crippen LogP contribution < -0.4 is 4.74 Å². The molecule has 2 aromatic rings. The molecule has 1 heterocycles. The summed E-state index contributed by atoms with van der Waals surface area (Å²) in [5.41, 5.74) is 1.73. The van der Waals surface area contributed by atoms with Gasteiger partial charge in [-0.1, -0.05) is 11.6 Å². The Labute approximate surface area is 120 Å². The maximum absolute atomic E-state index is 10.1. The van der Waals surface area contributed by atoms with Gasteiger partial charge in [-0.25, -0.2) is 0 Å². The third-order valence-corrected chi connectivity index (χ3v) is 3.61. The highest BCUT2D eigenvalue weighted by molar-refractivity contribution is 7.06. The second kappa shape index (κ2) is 6.54. The van der Waals surface area contributed by atoms with Crippen LogP contribution in [0.5, 0.6) is 5.75 Å². The van der Waals surface area contributed by atoms with Gasteiger partial charge >= 0.3 is 0 Å². The summed E-state index contributed by atoms with van der Waals surface area (Å²) in [7, 11) is 1.60. The van der Waals surface area contributed by atoms with Crippen molar-refractivity contribution in [3.63, 3.8) is 0 Å². The van der Waals surface area contributed by atoms with E-state index in [4.69, 9.17) is 16.3 Å². The fourth-order valence-electron chi connectivity index (χ4n) is 1.64. The summed E-state index contributed by atoms with van der Waals surface area (Å²) in [6, 6.07) is 7.39. The van der Waals surface area contributed by atoms with Crippen LogP contribution in [-0.2, 0) is 16.0 Å². The molecule has 0 atom stereocenters. The Morgan fingerprint density at radius 2 is 2.26 bits per heavy atom. The van der Waals surface area contributed by atoms with Crippen LogP contribution in [0, 0.1) is 0 Å². The third-order valence-electron chi connectivity index (χ3n) is 2.53. The highest BCUT2D eigenvalue weighted by Gasteiger charge is 2.10. The molecule has 4 nitrogen and oxygen atoms in total. The number of halogens is 1. The van der Waals surface area contributed by atoms with Crippen molar-refractivity contribution in [1.29, 1.82) is 0 Å². The summed E-state index contributed by atoms with van der Waals surface area (Å²) >= 11 is 7.31. The maximum atomic E-state index is 10.1. The predicted octanol–water partition coefficient (Wildman–Crippen LogP) is 3.19. The normalized spacial score (nSPS) is 10.2. The van der Waals surface area contributed by atoms with Gasteiger partial charge in [0.1, 0.15) is 5.75 Å². The number of ether oxygens (including phenoxy) is 2. The average Bonchev–Trinajstić information content (AvgIpc) is 2.87. The van der Waals surface area contributed by atoms with Crippen LogP contribution in [0.3, 0.4) is 0 Å². The van der Waals surface area contributed by atoms with E-state index in [1.54, 1.807) is 19.2 Å². The first kappa shape index (κ1) is 13.8. The Kier molecular flexibility index (Phi) is 4.76. The zero-order valence-corrected chi connectivity index (χ0v) is 11.8. The van der Waals surface area contributed by atoms with E-state index in [9.17, 15) is 4.79 Å². The smallest absolute Gasteiger partial charge is 0.293 e. The van der Waals surface area contributed by atoms with E-state index in [-0.39, 0.29) is 0 Å². The average molecular weight is 298 g/mol. The maximum Gasteiger partial charge on any atom is 0.293 e.